The molecule has 19 heavy (non-hydrogen) atoms. The topological polar surface area (TPSA) is 63.6 Å². The van der Waals surface area contributed by atoms with Gasteiger partial charge in [0.2, 0.25) is 0 Å². The van der Waals surface area contributed by atoms with Crippen molar-refractivity contribution in [2.24, 2.45) is 17.3 Å². The summed E-state index contributed by atoms with van der Waals surface area (Å²) < 4.78 is 5.37. The van der Waals surface area contributed by atoms with E-state index in [0.29, 0.717) is 29.4 Å². The van der Waals surface area contributed by atoms with Gasteiger partial charge in [0.25, 0.3) is 0 Å². The maximum Gasteiger partial charge on any atom is 0.334 e. The largest absolute Gasteiger partial charge is 0.454 e. The first kappa shape index (κ1) is 11.4. The molecule has 0 aromatic heterocycles. The molecular formula is C15H16O4. The summed E-state index contributed by atoms with van der Waals surface area (Å²) in [6.07, 6.45) is 1.52. The highest BCUT2D eigenvalue weighted by Gasteiger charge is 2.65. The third kappa shape index (κ3) is 1.14. The summed E-state index contributed by atoms with van der Waals surface area (Å²) in [6.45, 7) is 3.80. The molecule has 100 valence electrons. The molecule has 1 N–H and O–H groups in total. The molecule has 0 aromatic carbocycles. The Morgan fingerprint density at radius 1 is 1.47 bits per heavy atom. The summed E-state index contributed by atoms with van der Waals surface area (Å²) in [4.78, 5) is 23.0. The quantitative estimate of drug-likeness (QED) is 0.567. The fourth-order valence-electron chi connectivity index (χ4n) is 4.57. The molecule has 0 amide bonds. The fraction of sp³-hybridized carbons (Fsp3) is 0.600. The van der Waals surface area contributed by atoms with Gasteiger partial charge in [-0.1, -0.05) is 6.92 Å². The van der Waals surface area contributed by atoms with Gasteiger partial charge in [-0.2, -0.15) is 0 Å². The molecule has 0 unspecified atom stereocenters. The van der Waals surface area contributed by atoms with Crippen molar-refractivity contribution in [2.45, 2.75) is 38.9 Å². The van der Waals surface area contributed by atoms with Crippen LogP contribution in [0, 0.1) is 17.3 Å². The van der Waals surface area contributed by atoms with Crippen LogP contribution in [0.15, 0.2) is 22.3 Å². The van der Waals surface area contributed by atoms with Gasteiger partial charge in [0.15, 0.2) is 0 Å². The number of esters is 1. The molecule has 4 heteroatoms. The molecular weight excluding hydrogens is 244 g/mol. The number of carbonyl (C=O) groups is 2. The molecule has 0 bridgehead atoms. The van der Waals surface area contributed by atoms with E-state index in [4.69, 9.17) is 4.74 Å². The maximum absolute atomic E-state index is 11.7. The molecule has 0 saturated heterocycles. The highest BCUT2D eigenvalue weighted by atomic mass is 16.5. The zero-order chi connectivity index (χ0) is 13.5. The van der Waals surface area contributed by atoms with Gasteiger partial charge in [-0.3, -0.25) is 4.79 Å². The first-order valence-corrected chi connectivity index (χ1v) is 6.78. The van der Waals surface area contributed by atoms with Gasteiger partial charge in [0.05, 0.1) is 0 Å². The number of ether oxygens (including phenoxy) is 1. The van der Waals surface area contributed by atoms with Crippen LogP contribution in [0.5, 0.6) is 0 Å². The average molecular weight is 260 g/mol. The van der Waals surface area contributed by atoms with E-state index in [1.54, 1.807) is 6.92 Å². The van der Waals surface area contributed by atoms with Crippen molar-refractivity contribution in [1.82, 2.24) is 0 Å². The number of rotatable bonds is 1. The van der Waals surface area contributed by atoms with Gasteiger partial charge < -0.3 is 9.84 Å². The normalized spacial score (nSPS) is 46.8. The fourth-order valence-corrected chi connectivity index (χ4v) is 4.57. The number of allylic oxidation sites excluding steroid dienone is 1. The minimum atomic E-state index is -0.816. The van der Waals surface area contributed by atoms with Gasteiger partial charge in [-0.15, -0.1) is 0 Å². The predicted molar refractivity (Wildman–Crippen MR) is 66.0 cm³/mol. The Kier molecular flexibility index (Phi) is 1.91. The first-order chi connectivity index (χ1) is 8.99. The van der Waals surface area contributed by atoms with Crippen LogP contribution in [0.1, 0.15) is 26.7 Å². The lowest BCUT2D eigenvalue weighted by Crippen LogP contribution is -2.41. The van der Waals surface area contributed by atoms with Crippen LogP contribution in [0.2, 0.25) is 0 Å². The van der Waals surface area contributed by atoms with Crippen molar-refractivity contribution >= 4 is 12.3 Å². The van der Waals surface area contributed by atoms with E-state index in [2.05, 4.69) is 6.92 Å². The highest BCUT2D eigenvalue weighted by Crippen LogP contribution is 2.69. The molecule has 2 saturated carbocycles. The number of fused-ring (bicyclic) bond motifs is 4. The summed E-state index contributed by atoms with van der Waals surface area (Å²) in [5.74, 6) is 0.435. The van der Waals surface area contributed by atoms with Gasteiger partial charge >= 0.3 is 5.97 Å². The Labute approximate surface area is 111 Å². The van der Waals surface area contributed by atoms with E-state index in [-0.39, 0.29) is 17.5 Å². The lowest BCUT2D eigenvalue weighted by Gasteiger charge is -2.41. The molecule has 3 aliphatic carbocycles. The number of carbonyl (C=O) groups excluding carboxylic acids is 2. The Morgan fingerprint density at radius 2 is 2.21 bits per heavy atom. The van der Waals surface area contributed by atoms with E-state index in [9.17, 15) is 14.7 Å². The molecule has 0 aromatic rings. The van der Waals surface area contributed by atoms with Crippen LogP contribution >= 0.6 is 0 Å². The van der Waals surface area contributed by atoms with E-state index >= 15 is 0 Å². The van der Waals surface area contributed by atoms with Crippen molar-refractivity contribution in [2.75, 3.05) is 0 Å². The maximum atomic E-state index is 11.7. The lowest BCUT2D eigenvalue weighted by atomic mass is 9.65. The van der Waals surface area contributed by atoms with Crippen LogP contribution in [-0.2, 0) is 14.3 Å². The third-order valence-corrected chi connectivity index (χ3v) is 5.57. The van der Waals surface area contributed by atoms with E-state index in [1.807, 2.05) is 0 Å². The molecule has 4 aliphatic rings. The van der Waals surface area contributed by atoms with Crippen molar-refractivity contribution < 1.29 is 19.4 Å². The lowest BCUT2D eigenvalue weighted by molar-refractivity contribution is -0.141. The summed E-state index contributed by atoms with van der Waals surface area (Å²) in [5.41, 5.74) is 2.64. The second-order valence-corrected chi connectivity index (χ2v) is 6.43. The second kappa shape index (κ2) is 3.18. The molecule has 4 rings (SSSR count). The number of hydrogen-bond donors (Lipinski definition) is 1. The number of aldehydes is 1. The Morgan fingerprint density at radius 3 is 2.89 bits per heavy atom. The zero-order valence-corrected chi connectivity index (χ0v) is 11.0. The second-order valence-electron chi connectivity index (χ2n) is 6.43. The van der Waals surface area contributed by atoms with Gasteiger partial charge in [0, 0.05) is 11.1 Å². The van der Waals surface area contributed by atoms with E-state index in [1.165, 1.54) is 0 Å². The Hall–Kier alpha value is -1.42. The van der Waals surface area contributed by atoms with Crippen molar-refractivity contribution in [3.05, 3.63) is 22.3 Å². The number of aliphatic hydroxyl groups is 1. The minimum Gasteiger partial charge on any atom is -0.454 e. The van der Waals surface area contributed by atoms with Gasteiger partial charge in [0.1, 0.15) is 18.5 Å². The highest BCUT2D eigenvalue weighted by molar-refractivity contribution is 5.93. The van der Waals surface area contributed by atoms with Gasteiger partial charge in [-0.05, 0) is 48.2 Å². The summed E-state index contributed by atoms with van der Waals surface area (Å²) >= 11 is 0. The zero-order valence-electron chi connectivity index (χ0n) is 11.0. The molecule has 5 atom stereocenters. The smallest absolute Gasteiger partial charge is 0.334 e. The molecule has 0 radical (unpaired) electrons. The van der Waals surface area contributed by atoms with E-state index in [0.717, 1.165) is 23.9 Å². The summed E-state index contributed by atoms with van der Waals surface area (Å²) in [7, 11) is 0. The van der Waals surface area contributed by atoms with Crippen LogP contribution < -0.4 is 0 Å². The monoisotopic (exact) mass is 260 g/mol. The molecule has 1 heterocycles. The van der Waals surface area contributed by atoms with Crippen LogP contribution in [0.25, 0.3) is 0 Å². The van der Waals surface area contributed by atoms with Gasteiger partial charge in [-0.25, -0.2) is 4.79 Å². The standard InChI is InChI=1S/C15H16O4/c1-6-11-10(19-14(6)18)4-15(2)9-3-7(9)8(5-16)12(15)13(11)17/h5,7,9-10,13,17H,3-4H2,1-2H3/t7-,9-,10+,13+,15+/m1/s1. The van der Waals surface area contributed by atoms with E-state index < -0.39 is 6.10 Å². The summed E-state index contributed by atoms with van der Waals surface area (Å²) in [6, 6.07) is 0. The average Bonchev–Trinajstić information content (AvgIpc) is 3.04. The Bertz CT molecular complexity index is 585. The van der Waals surface area contributed by atoms with Crippen molar-refractivity contribution in [3.63, 3.8) is 0 Å². The third-order valence-electron chi connectivity index (χ3n) is 5.57. The number of aliphatic hydroxyl groups excluding tert-OH is 1. The van der Waals surface area contributed by atoms with Crippen LogP contribution in [0.4, 0.5) is 0 Å². The SMILES string of the molecule is CC1=C2[C@H](O)C3=C(C=O)[C@H]4C[C@H]4[C@]3(C)C[C@@H]2OC1=O. The number of hydrogen-bond acceptors (Lipinski definition) is 4. The van der Waals surface area contributed by atoms with Crippen LogP contribution in [-0.4, -0.2) is 29.6 Å². The van der Waals surface area contributed by atoms with Crippen molar-refractivity contribution in [1.29, 1.82) is 0 Å². The summed E-state index contributed by atoms with van der Waals surface area (Å²) in [5, 5.41) is 10.6. The molecule has 0 spiro atoms. The molecule has 4 nitrogen and oxygen atoms in total. The molecule has 2 fully saturated rings. The first-order valence-electron chi connectivity index (χ1n) is 6.78. The van der Waals surface area contributed by atoms with Crippen molar-refractivity contribution in [3.8, 4) is 0 Å². The Balaban J connectivity index is 1.90. The minimum absolute atomic E-state index is 0.181. The molecule has 1 aliphatic heterocycles. The van der Waals surface area contributed by atoms with Crippen LogP contribution in [0.3, 0.4) is 0 Å². The predicted octanol–water partition coefficient (Wildman–Crippen LogP) is 1.14.